The highest BCUT2D eigenvalue weighted by atomic mass is 35.5. The standard InChI is InChI=1S/C20H21ClN4O2/c1-24-19(26)12-17(14-5-7-22-8-6-14)23-20(24)25-9-10-27-18(13-25)15-3-2-4-16(21)11-15/h2-8,12,15,18H,9-11,13H2,1H3/t15?,18-/m0/s1. The molecule has 2 aromatic heterocycles. The Balaban J connectivity index is 1.62. The largest absolute Gasteiger partial charge is 0.374 e. The van der Waals surface area contributed by atoms with Gasteiger partial charge in [0.15, 0.2) is 0 Å². The van der Waals surface area contributed by atoms with Crippen molar-refractivity contribution in [1.29, 1.82) is 0 Å². The van der Waals surface area contributed by atoms with E-state index in [2.05, 4.69) is 16.0 Å². The van der Waals surface area contributed by atoms with Crippen LogP contribution in [0.25, 0.3) is 11.3 Å². The maximum absolute atomic E-state index is 12.5. The summed E-state index contributed by atoms with van der Waals surface area (Å²) in [5.74, 6) is 0.884. The summed E-state index contributed by atoms with van der Waals surface area (Å²) < 4.78 is 7.59. The Hall–Kier alpha value is -2.44. The lowest BCUT2D eigenvalue weighted by Crippen LogP contribution is -2.47. The van der Waals surface area contributed by atoms with Gasteiger partial charge in [0.05, 0.1) is 18.4 Å². The molecule has 4 rings (SSSR count). The van der Waals surface area contributed by atoms with E-state index >= 15 is 0 Å². The van der Waals surface area contributed by atoms with E-state index in [1.54, 1.807) is 30.1 Å². The third-order valence-electron chi connectivity index (χ3n) is 5.01. The second-order valence-corrected chi connectivity index (χ2v) is 7.28. The number of aromatic nitrogens is 3. The van der Waals surface area contributed by atoms with E-state index in [1.165, 1.54) is 0 Å². The molecule has 0 radical (unpaired) electrons. The highest BCUT2D eigenvalue weighted by molar-refractivity contribution is 6.29. The molecule has 2 aliphatic rings. The lowest BCUT2D eigenvalue weighted by atomic mass is 9.93. The molecule has 140 valence electrons. The van der Waals surface area contributed by atoms with Crippen LogP contribution in [0.4, 0.5) is 5.95 Å². The smallest absolute Gasteiger partial charge is 0.255 e. The van der Waals surface area contributed by atoms with Gasteiger partial charge in [-0.05, 0) is 24.6 Å². The Morgan fingerprint density at radius 2 is 2.11 bits per heavy atom. The van der Waals surface area contributed by atoms with Crippen LogP contribution in [0.1, 0.15) is 6.42 Å². The van der Waals surface area contributed by atoms with Gasteiger partial charge in [0.2, 0.25) is 5.95 Å². The molecule has 0 amide bonds. The zero-order valence-corrected chi connectivity index (χ0v) is 15.8. The zero-order chi connectivity index (χ0) is 18.8. The van der Waals surface area contributed by atoms with Crippen molar-refractivity contribution in [2.75, 3.05) is 24.6 Å². The molecule has 0 bridgehead atoms. The molecule has 2 atom stereocenters. The van der Waals surface area contributed by atoms with Crippen LogP contribution >= 0.6 is 11.6 Å². The van der Waals surface area contributed by atoms with Crippen LogP contribution in [0.15, 0.2) is 58.6 Å². The number of halogens is 1. The third kappa shape index (κ3) is 3.82. The van der Waals surface area contributed by atoms with Crippen LogP contribution in [-0.2, 0) is 11.8 Å². The third-order valence-corrected chi connectivity index (χ3v) is 5.29. The molecule has 2 aromatic rings. The van der Waals surface area contributed by atoms with Crippen LogP contribution in [0.2, 0.25) is 0 Å². The summed E-state index contributed by atoms with van der Waals surface area (Å²) in [6.07, 6.45) is 10.2. The SMILES string of the molecule is Cn1c(N2CCO[C@H](C3C=CC=C(Cl)C3)C2)nc(-c2ccncc2)cc1=O. The average Bonchev–Trinajstić information content (AvgIpc) is 2.71. The van der Waals surface area contributed by atoms with Crippen molar-refractivity contribution in [1.82, 2.24) is 14.5 Å². The number of anilines is 1. The van der Waals surface area contributed by atoms with Crippen molar-refractivity contribution in [2.45, 2.75) is 12.5 Å². The first-order valence-corrected chi connectivity index (χ1v) is 9.37. The number of morpholine rings is 1. The molecule has 3 heterocycles. The van der Waals surface area contributed by atoms with E-state index in [4.69, 9.17) is 21.3 Å². The molecule has 1 saturated heterocycles. The summed E-state index contributed by atoms with van der Waals surface area (Å²) in [5.41, 5.74) is 1.45. The summed E-state index contributed by atoms with van der Waals surface area (Å²) >= 11 is 6.20. The van der Waals surface area contributed by atoms with E-state index in [9.17, 15) is 4.79 Å². The topological polar surface area (TPSA) is 60.2 Å². The van der Waals surface area contributed by atoms with Gasteiger partial charge in [0, 0.05) is 55.1 Å². The van der Waals surface area contributed by atoms with E-state index in [0.29, 0.717) is 31.3 Å². The molecule has 0 aromatic carbocycles. The minimum absolute atomic E-state index is 0.0129. The summed E-state index contributed by atoms with van der Waals surface area (Å²) in [4.78, 5) is 23.4. The normalized spacial score (nSPS) is 22.6. The monoisotopic (exact) mass is 384 g/mol. The number of ether oxygens (including phenoxy) is 1. The second-order valence-electron chi connectivity index (χ2n) is 6.80. The van der Waals surface area contributed by atoms with Gasteiger partial charge >= 0.3 is 0 Å². The molecule has 0 spiro atoms. The van der Waals surface area contributed by atoms with Crippen molar-refractivity contribution >= 4 is 17.5 Å². The number of nitrogens with zero attached hydrogens (tertiary/aromatic N) is 4. The fraction of sp³-hybridized carbons (Fsp3) is 0.350. The molecule has 1 fully saturated rings. The quantitative estimate of drug-likeness (QED) is 0.814. The Labute approximate surface area is 162 Å². The van der Waals surface area contributed by atoms with Crippen LogP contribution in [0.5, 0.6) is 0 Å². The van der Waals surface area contributed by atoms with Crippen molar-refractivity contribution < 1.29 is 4.74 Å². The first-order valence-electron chi connectivity index (χ1n) is 9.00. The molecule has 0 saturated carbocycles. The van der Waals surface area contributed by atoms with E-state index in [-0.39, 0.29) is 17.6 Å². The molecule has 7 heteroatoms. The fourth-order valence-corrected chi connectivity index (χ4v) is 3.77. The van der Waals surface area contributed by atoms with Crippen molar-refractivity contribution in [3.05, 3.63) is 64.2 Å². The lowest BCUT2D eigenvalue weighted by Gasteiger charge is -2.37. The van der Waals surface area contributed by atoms with Gasteiger partial charge in [-0.3, -0.25) is 14.3 Å². The van der Waals surface area contributed by atoms with Crippen molar-refractivity contribution in [3.63, 3.8) is 0 Å². The molecule has 0 N–H and O–H groups in total. The second kappa shape index (κ2) is 7.66. The predicted molar refractivity (Wildman–Crippen MR) is 106 cm³/mol. The molecule has 1 aliphatic heterocycles. The first kappa shape index (κ1) is 17.9. The number of rotatable bonds is 3. The van der Waals surface area contributed by atoms with Gasteiger partial charge < -0.3 is 9.64 Å². The van der Waals surface area contributed by atoms with Gasteiger partial charge in [-0.25, -0.2) is 4.98 Å². The number of hydrogen-bond donors (Lipinski definition) is 0. The van der Waals surface area contributed by atoms with Crippen LogP contribution in [-0.4, -0.2) is 40.3 Å². The van der Waals surface area contributed by atoms with Gasteiger partial charge in [-0.2, -0.15) is 0 Å². The maximum atomic E-state index is 12.5. The highest BCUT2D eigenvalue weighted by Crippen LogP contribution is 2.29. The number of allylic oxidation sites excluding steroid dienone is 3. The molecular weight excluding hydrogens is 364 g/mol. The zero-order valence-electron chi connectivity index (χ0n) is 15.1. The highest BCUT2D eigenvalue weighted by Gasteiger charge is 2.29. The summed E-state index contributed by atoms with van der Waals surface area (Å²) in [6, 6.07) is 5.27. The Morgan fingerprint density at radius 3 is 2.89 bits per heavy atom. The summed E-state index contributed by atoms with van der Waals surface area (Å²) in [6.45, 7) is 1.95. The van der Waals surface area contributed by atoms with E-state index in [0.717, 1.165) is 17.0 Å². The number of pyridine rings is 1. The summed E-state index contributed by atoms with van der Waals surface area (Å²) in [7, 11) is 1.76. The molecule has 27 heavy (non-hydrogen) atoms. The molecular formula is C20H21ClN4O2. The van der Waals surface area contributed by atoms with Crippen LogP contribution in [0, 0.1) is 5.92 Å². The Kier molecular flexibility index (Phi) is 5.09. The van der Waals surface area contributed by atoms with Gasteiger partial charge in [-0.1, -0.05) is 23.8 Å². The van der Waals surface area contributed by atoms with Crippen molar-refractivity contribution in [3.8, 4) is 11.3 Å². The van der Waals surface area contributed by atoms with Crippen LogP contribution in [0.3, 0.4) is 0 Å². The average molecular weight is 385 g/mol. The fourth-order valence-electron chi connectivity index (χ4n) is 3.52. The number of hydrogen-bond acceptors (Lipinski definition) is 5. The van der Waals surface area contributed by atoms with Crippen molar-refractivity contribution in [2.24, 2.45) is 13.0 Å². The lowest BCUT2D eigenvalue weighted by molar-refractivity contribution is 0.0136. The maximum Gasteiger partial charge on any atom is 0.255 e. The van der Waals surface area contributed by atoms with E-state index < -0.39 is 0 Å². The van der Waals surface area contributed by atoms with Gasteiger partial charge in [-0.15, -0.1) is 0 Å². The molecule has 1 aliphatic carbocycles. The van der Waals surface area contributed by atoms with Gasteiger partial charge in [0.25, 0.3) is 5.56 Å². The van der Waals surface area contributed by atoms with Gasteiger partial charge in [0.1, 0.15) is 0 Å². The van der Waals surface area contributed by atoms with Crippen LogP contribution < -0.4 is 10.5 Å². The minimum Gasteiger partial charge on any atom is -0.374 e. The Bertz CT molecular complexity index is 939. The summed E-state index contributed by atoms with van der Waals surface area (Å²) in [5, 5.41) is 0.841. The first-order chi connectivity index (χ1) is 13.1. The molecule has 6 nitrogen and oxygen atoms in total. The van der Waals surface area contributed by atoms with E-state index in [1.807, 2.05) is 24.3 Å². The minimum atomic E-state index is -0.0848. The Morgan fingerprint density at radius 1 is 1.30 bits per heavy atom. The predicted octanol–water partition coefficient (Wildman–Crippen LogP) is 2.75. The molecule has 1 unspecified atom stereocenters.